The van der Waals surface area contributed by atoms with E-state index in [-0.39, 0.29) is 45.6 Å². The summed E-state index contributed by atoms with van der Waals surface area (Å²) in [5, 5.41) is 0.395. The first-order chi connectivity index (χ1) is 19.5. The van der Waals surface area contributed by atoms with Gasteiger partial charge in [0.2, 0.25) is 0 Å². The fraction of sp³-hybridized carbons (Fsp3) is 0.133. The second-order valence-electron chi connectivity index (χ2n) is 9.10. The van der Waals surface area contributed by atoms with Crippen LogP contribution in [0.1, 0.15) is 22.3 Å². The molecule has 0 atom stereocenters. The zero-order chi connectivity index (χ0) is 29.5. The number of alkyl halides is 3. The fourth-order valence-corrected chi connectivity index (χ4v) is 4.56. The molecule has 4 nitrogen and oxygen atoms in total. The number of hydrogen-bond acceptors (Lipinski definition) is 4. The molecule has 0 N–H and O–H groups in total. The van der Waals surface area contributed by atoms with Crippen molar-refractivity contribution in [2.45, 2.75) is 26.6 Å². The van der Waals surface area contributed by atoms with Crippen LogP contribution in [0, 0.1) is 31.3 Å². The van der Waals surface area contributed by atoms with Gasteiger partial charge in [-0.2, -0.15) is 13.2 Å². The number of aromatic nitrogens is 2. The van der Waals surface area contributed by atoms with Crippen LogP contribution >= 0.6 is 11.6 Å². The lowest BCUT2D eigenvalue weighted by atomic mass is 9.98. The molecule has 0 saturated carbocycles. The van der Waals surface area contributed by atoms with Crippen LogP contribution in [0.15, 0.2) is 66.9 Å². The first-order valence-corrected chi connectivity index (χ1v) is 12.5. The molecule has 5 aromatic rings. The van der Waals surface area contributed by atoms with E-state index in [4.69, 9.17) is 21.1 Å². The molecule has 11 heteroatoms. The minimum atomic E-state index is -5.07. The minimum Gasteiger partial charge on any atom is -0.488 e. The van der Waals surface area contributed by atoms with Gasteiger partial charge in [-0.3, -0.25) is 0 Å². The molecule has 0 fully saturated rings. The number of pyridine rings is 2. The van der Waals surface area contributed by atoms with E-state index in [1.54, 1.807) is 0 Å². The number of nitrogens with zero attached hydrogens (tertiary/aromatic N) is 2. The fourth-order valence-electron chi connectivity index (χ4n) is 4.32. The standard InChI is InChI=1S/C30H19ClF6N2O2/c1-15-22(9-8-19(32)28(15)34)41-24-12-18(30(35,36)37)27(33)16(2)25(24)21-13-23(40-14-17-6-4-3-5-7-17)26-20(39-21)10-11-38-29(26)31/h3-13H,14H2,1-2H3. The second-order valence-corrected chi connectivity index (χ2v) is 9.45. The largest absolute Gasteiger partial charge is 0.488 e. The third-order valence-electron chi connectivity index (χ3n) is 6.41. The van der Waals surface area contributed by atoms with Gasteiger partial charge in [0.05, 0.1) is 22.2 Å². The van der Waals surface area contributed by atoms with Gasteiger partial charge in [-0.05, 0) is 49.2 Å². The molecule has 0 aliphatic rings. The molecule has 3 aromatic carbocycles. The predicted molar refractivity (Wildman–Crippen MR) is 142 cm³/mol. The molecule has 2 heterocycles. The van der Waals surface area contributed by atoms with E-state index in [0.29, 0.717) is 11.5 Å². The van der Waals surface area contributed by atoms with Crippen molar-refractivity contribution in [1.29, 1.82) is 0 Å². The third kappa shape index (κ3) is 5.52. The summed E-state index contributed by atoms with van der Waals surface area (Å²) in [6, 6.07) is 14.3. The lowest BCUT2D eigenvalue weighted by molar-refractivity contribution is -0.140. The van der Waals surface area contributed by atoms with Crippen LogP contribution in [0.2, 0.25) is 5.15 Å². The van der Waals surface area contributed by atoms with Crippen LogP contribution in [0.5, 0.6) is 17.2 Å². The van der Waals surface area contributed by atoms with Gasteiger partial charge in [0, 0.05) is 23.4 Å². The quantitative estimate of drug-likeness (QED) is 0.146. The average molecular weight is 589 g/mol. The van der Waals surface area contributed by atoms with Crippen molar-refractivity contribution in [1.82, 2.24) is 9.97 Å². The van der Waals surface area contributed by atoms with Crippen LogP contribution in [0.25, 0.3) is 22.2 Å². The highest BCUT2D eigenvalue weighted by Crippen LogP contribution is 2.45. The number of ether oxygens (including phenoxy) is 2. The second kappa shape index (κ2) is 10.9. The molecule has 0 aliphatic carbocycles. The molecule has 210 valence electrons. The average Bonchev–Trinajstić information content (AvgIpc) is 2.93. The highest BCUT2D eigenvalue weighted by molar-refractivity contribution is 6.34. The van der Waals surface area contributed by atoms with E-state index in [9.17, 15) is 22.0 Å². The monoisotopic (exact) mass is 588 g/mol. The molecular weight excluding hydrogens is 570 g/mol. The van der Waals surface area contributed by atoms with E-state index >= 15 is 4.39 Å². The van der Waals surface area contributed by atoms with Crippen LogP contribution in [-0.4, -0.2) is 9.97 Å². The highest BCUT2D eigenvalue weighted by Gasteiger charge is 2.37. The molecule has 5 rings (SSSR count). The Morgan fingerprint density at radius 1 is 0.829 bits per heavy atom. The number of benzene rings is 3. The van der Waals surface area contributed by atoms with E-state index in [1.165, 1.54) is 25.3 Å². The van der Waals surface area contributed by atoms with Gasteiger partial charge in [0.15, 0.2) is 11.6 Å². The summed E-state index contributed by atoms with van der Waals surface area (Å²) in [5.74, 6) is -4.50. The molecule has 0 radical (unpaired) electrons. The lowest BCUT2D eigenvalue weighted by Gasteiger charge is -2.20. The molecule has 0 aliphatic heterocycles. The van der Waals surface area contributed by atoms with Gasteiger partial charge in [0.1, 0.15) is 34.8 Å². The number of halogens is 7. The Morgan fingerprint density at radius 3 is 2.27 bits per heavy atom. The van der Waals surface area contributed by atoms with Crippen molar-refractivity contribution >= 4 is 22.5 Å². The van der Waals surface area contributed by atoms with Gasteiger partial charge in [-0.15, -0.1) is 0 Å². The summed E-state index contributed by atoms with van der Waals surface area (Å²) in [7, 11) is 0. The maximum atomic E-state index is 15.2. The van der Waals surface area contributed by atoms with Crippen molar-refractivity contribution in [3.05, 3.63) is 112 Å². The predicted octanol–water partition coefficient (Wildman–Crippen LogP) is 9.37. The highest BCUT2D eigenvalue weighted by atomic mass is 35.5. The number of hydrogen-bond donors (Lipinski definition) is 0. The Kier molecular flexibility index (Phi) is 7.52. The summed E-state index contributed by atoms with van der Waals surface area (Å²) in [6.07, 6.45) is -3.70. The zero-order valence-electron chi connectivity index (χ0n) is 21.4. The number of fused-ring (bicyclic) bond motifs is 1. The Bertz CT molecular complexity index is 1780. The zero-order valence-corrected chi connectivity index (χ0v) is 22.2. The normalized spacial score (nSPS) is 11.6. The van der Waals surface area contributed by atoms with Gasteiger partial charge in [-0.25, -0.2) is 23.1 Å². The first kappa shape index (κ1) is 28.2. The van der Waals surface area contributed by atoms with Crippen LogP contribution in [-0.2, 0) is 12.8 Å². The molecule has 41 heavy (non-hydrogen) atoms. The minimum absolute atomic E-state index is 0.0109. The maximum absolute atomic E-state index is 15.2. The smallest absolute Gasteiger partial charge is 0.419 e. The number of rotatable bonds is 6. The van der Waals surface area contributed by atoms with Crippen LogP contribution < -0.4 is 9.47 Å². The molecule has 2 aromatic heterocycles. The Labute approximate surface area is 235 Å². The summed E-state index contributed by atoms with van der Waals surface area (Å²) in [4.78, 5) is 8.57. The molecule has 0 amide bonds. The van der Waals surface area contributed by atoms with Crippen molar-refractivity contribution in [2.24, 2.45) is 0 Å². The van der Waals surface area contributed by atoms with Crippen molar-refractivity contribution in [3.8, 4) is 28.5 Å². The summed E-state index contributed by atoms with van der Waals surface area (Å²) < 4.78 is 96.4. The maximum Gasteiger partial charge on any atom is 0.419 e. The molecule has 0 saturated heterocycles. The van der Waals surface area contributed by atoms with E-state index in [2.05, 4.69) is 9.97 Å². The van der Waals surface area contributed by atoms with E-state index in [0.717, 1.165) is 24.6 Å². The molecule has 0 spiro atoms. The van der Waals surface area contributed by atoms with Gasteiger partial charge in [-0.1, -0.05) is 41.9 Å². The van der Waals surface area contributed by atoms with E-state index < -0.39 is 40.5 Å². The van der Waals surface area contributed by atoms with Crippen LogP contribution in [0.3, 0.4) is 0 Å². The van der Waals surface area contributed by atoms with Crippen molar-refractivity contribution in [2.75, 3.05) is 0 Å². The van der Waals surface area contributed by atoms with Crippen molar-refractivity contribution in [3.63, 3.8) is 0 Å². The van der Waals surface area contributed by atoms with E-state index in [1.807, 2.05) is 30.3 Å². The lowest BCUT2D eigenvalue weighted by Crippen LogP contribution is -2.11. The SMILES string of the molecule is Cc1c(Oc2cc(C(F)(F)F)c(F)c(C)c2-c2cc(OCc3ccccc3)c3c(Cl)nccc3n2)ccc(F)c1F. The molecular formula is C30H19ClF6N2O2. The summed E-state index contributed by atoms with van der Waals surface area (Å²) in [5.41, 5.74) is -1.41. The van der Waals surface area contributed by atoms with Crippen molar-refractivity contribution < 1.29 is 35.8 Å². The van der Waals surface area contributed by atoms with Gasteiger partial charge >= 0.3 is 6.18 Å². The topological polar surface area (TPSA) is 44.2 Å². The van der Waals surface area contributed by atoms with Gasteiger partial charge < -0.3 is 9.47 Å². The third-order valence-corrected chi connectivity index (χ3v) is 6.70. The molecule has 0 unspecified atom stereocenters. The summed E-state index contributed by atoms with van der Waals surface area (Å²) >= 11 is 6.35. The van der Waals surface area contributed by atoms with Gasteiger partial charge in [0.25, 0.3) is 0 Å². The van der Waals surface area contributed by atoms with Crippen LogP contribution in [0.4, 0.5) is 26.3 Å². The Morgan fingerprint density at radius 2 is 1.56 bits per heavy atom. The Balaban J connectivity index is 1.73. The Hall–Kier alpha value is -4.31. The first-order valence-electron chi connectivity index (χ1n) is 12.1. The summed E-state index contributed by atoms with van der Waals surface area (Å²) in [6.45, 7) is 2.44. The molecule has 0 bridgehead atoms.